The summed E-state index contributed by atoms with van der Waals surface area (Å²) in [7, 11) is 0. The number of thiazole rings is 2. The molecule has 3 rings (SSSR count). The summed E-state index contributed by atoms with van der Waals surface area (Å²) < 4.78 is 2.27. The number of nitrogens with zero attached hydrogens (tertiary/aromatic N) is 2. The number of halogens is 1. The molecule has 0 aliphatic rings. The van der Waals surface area contributed by atoms with Gasteiger partial charge in [0.25, 0.3) is 0 Å². The van der Waals surface area contributed by atoms with Crippen LogP contribution in [0.3, 0.4) is 0 Å². The van der Waals surface area contributed by atoms with Gasteiger partial charge in [-0.25, -0.2) is 9.97 Å². The first kappa shape index (κ1) is 13.0. The Kier molecular flexibility index (Phi) is 3.81. The molecular formula is C13H12BrN3S2. The van der Waals surface area contributed by atoms with Crippen LogP contribution < -0.4 is 5.32 Å². The molecule has 1 N–H and O–H groups in total. The van der Waals surface area contributed by atoms with Crippen LogP contribution in [0.25, 0.3) is 10.2 Å². The van der Waals surface area contributed by atoms with Crippen molar-refractivity contribution in [1.29, 1.82) is 0 Å². The number of hydrogen-bond donors (Lipinski definition) is 1. The van der Waals surface area contributed by atoms with E-state index in [4.69, 9.17) is 0 Å². The molecule has 98 valence electrons. The quantitative estimate of drug-likeness (QED) is 0.751. The van der Waals surface area contributed by atoms with E-state index in [9.17, 15) is 0 Å². The van der Waals surface area contributed by atoms with Crippen LogP contribution >= 0.6 is 38.6 Å². The van der Waals surface area contributed by atoms with Crippen LogP contribution in [-0.2, 0) is 6.42 Å². The second-order valence-electron chi connectivity index (χ2n) is 4.17. The maximum atomic E-state index is 4.57. The summed E-state index contributed by atoms with van der Waals surface area (Å²) in [6.45, 7) is 2.90. The first-order valence-corrected chi connectivity index (χ1v) is 8.40. The van der Waals surface area contributed by atoms with Gasteiger partial charge in [0, 0.05) is 22.8 Å². The summed E-state index contributed by atoms with van der Waals surface area (Å²) in [4.78, 5) is 9.02. The van der Waals surface area contributed by atoms with Gasteiger partial charge in [-0.15, -0.1) is 11.3 Å². The number of nitrogens with one attached hydrogen (secondary N) is 1. The second-order valence-corrected chi connectivity index (χ2v) is 7.17. The number of fused-ring (bicyclic) bond motifs is 1. The minimum Gasteiger partial charge on any atom is -0.361 e. The monoisotopic (exact) mass is 353 g/mol. The Morgan fingerprint density at radius 3 is 3.00 bits per heavy atom. The summed E-state index contributed by atoms with van der Waals surface area (Å²) >= 11 is 6.85. The standard InChI is InChI=1S/C13H12BrN3S2/c1-8-16-10(7-18-8)4-5-15-13-17-11-6-9(14)2-3-12(11)19-13/h2-3,6-7H,4-5H2,1H3,(H,15,17). The van der Waals surface area contributed by atoms with Gasteiger partial charge in [-0.2, -0.15) is 0 Å². The van der Waals surface area contributed by atoms with E-state index in [1.165, 1.54) is 4.70 Å². The third-order valence-corrected chi connectivity index (χ3v) is 4.98. The molecule has 0 bridgehead atoms. The average molecular weight is 354 g/mol. The number of aryl methyl sites for hydroxylation is 1. The smallest absolute Gasteiger partial charge is 0.183 e. The van der Waals surface area contributed by atoms with Crippen molar-refractivity contribution in [3.63, 3.8) is 0 Å². The highest BCUT2D eigenvalue weighted by molar-refractivity contribution is 9.10. The maximum absolute atomic E-state index is 4.57. The molecule has 1 aromatic carbocycles. The van der Waals surface area contributed by atoms with Crippen LogP contribution in [0, 0.1) is 6.92 Å². The predicted molar refractivity (Wildman–Crippen MR) is 86.4 cm³/mol. The lowest BCUT2D eigenvalue weighted by Gasteiger charge is -1.99. The molecule has 0 unspecified atom stereocenters. The average Bonchev–Trinajstić information content (AvgIpc) is 2.95. The van der Waals surface area contributed by atoms with Crippen LogP contribution in [0.4, 0.5) is 5.13 Å². The molecule has 0 saturated carbocycles. The highest BCUT2D eigenvalue weighted by atomic mass is 79.9. The van der Waals surface area contributed by atoms with Gasteiger partial charge in [0.05, 0.1) is 20.9 Å². The fraction of sp³-hybridized carbons (Fsp3) is 0.231. The van der Waals surface area contributed by atoms with Gasteiger partial charge in [-0.05, 0) is 25.1 Å². The summed E-state index contributed by atoms with van der Waals surface area (Å²) in [5.74, 6) is 0. The Hall–Kier alpha value is -0.980. The molecule has 0 atom stereocenters. The Morgan fingerprint density at radius 1 is 1.32 bits per heavy atom. The topological polar surface area (TPSA) is 37.8 Å². The van der Waals surface area contributed by atoms with E-state index in [-0.39, 0.29) is 0 Å². The second kappa shape index (κ2) is 5.56. The number of benzene rings is 1. The van der Waals surface area contributed by atoms with E-state index in [0.29, 0.717) is 0 Å². The summed E-state index contributed by atoms with van der Waals surface area (Å²) in [5.41, 5.74) is 2.19. The first-order chi connectivity index (χ1) is 9.20. The lowest BCUT2D eigenvalue weighted by atomic mass is 10.3. The van der Waals surface area contributed by atoms with Gasteiger partial charge < -0.3 is 5.32 Å². The SMILES string of the molecule is Cc1nc(CCNc2nc3cc(Br)ccc3s2)cs1. The number of anilines is 1. The van der Waals surface area contributed by atoms with Gasteiger partial charge >= 0.3 is 0 Å². The molecule has 0 aliphatic carbocycles. The van der Waals surface area contributed by atoms with E-state index in [1.807, 2.05) is 19.1 Å². The van der Waals surface area contributed by atoms with Crippen molar-refractivity contribution in [2.24, 2.45) is 0 Å². The molecule has 6 heteroatoms. The molecule has 3 nitrogen and oxygen atoms in total. The molecule has 2 aromatic heterocycles. The molecule has 0 fully saturated rings. The van der Waals surface area contributed by atoms with E-state index in [0.717, 1.165) is 38.8 Å². The molecule has 0 saturated heterocycles. The predicted octanol–water partition coefficient (Wildman–Crippen LogP) is 4.48. The van der Waals surface area contributed by atoms with Crippen molar-refractivity contribution >= 4 is 54.0 Å². The van der Waals surface area contributed by atoms with Crippen molar-refractivity contribution in [1.82, 2.24) is 9.97 Å². The zero-order chi connectivity index (χ0) is 13.2. The van der Waals surface area contributed by atoms with Crippen molar-refractivity contribution in [2.45, 2.75) is 13.3 Å². The van der Waals surface area contributed by atoms with Crippen molar-refractivity contribution in [3.8, 4) is 0 Å². The Bertz CT molecular complexity index is 705. The van der Waals surface area contributed by atoms with Gasteiger partial charge in [0.1, 0.15) is 0 Å². The minimum atomic E-state index is 0.865. The van der Waals surface area contributed by atoms with Crippen LogP contribution in [-0.4, -0.2) is 16.5 Å². The van der Waals surface area contributed by atoms with E-state index >= 15 is 0 Å². The van der Waals surface area contributed by atoms with Crippen molar-refractivity contribution < 1.29 is 0 Å². The highest BCUT2D eigenvalue weighted by Crippen LogP contribution is 2.28. The highest BCUT2D eigenvalue weighted by Gasteiger charge is 2.04. The third-order valence-electron chi connectivity index (χ3n) is 2.67. The third kappa shape index (κ3) is 3.13. The fourth-order valence-corrected chi connectivity index (χ4v) is 3.66. The number of rotatable bonds is 4. The summed E-state index contributed by atoms with van der Waals surface area (Å²) in [6, 6.07) is 6.18. The van der Waals surface area contributed by atoms with Crippen molar-refractivity contribution in [2.75, 3.05) is 11.9 Å². The van der Waals surface area contributed by atoms with Gasteiger partial charge in [0.2, 0.25) is 0 Å². The van der Waals surface area contributed by atoms with Crippen molar-refractivity contribution in [3.05, 3.63) is 38.8 Å². The number of aromatic nitrogens is 2. The molecule has 0 radical (unpaired) electrons. The molecule has 3 aromatic rings. The minimum absolute atomic E-state index is 0.865. The summed E-state index contributed by atoms with van der Waals surface area (Å²) in [6.07, 6.45) is 0.934. The van der Waals surface area contributed by atoms with Gasteiger partial charge in [-0.3, -0.25) is 0 Å². The molecule has 0 amide bonds. The van der Waals surface area contributed by atoms with E-state index < -0.39 is 0 Å². The van der Waals surface area contributed by atoms with Crippen LogP contribution in [0.1, 0.15) is 10.7 Å². The molecule has 0 aliphatic heterocycles. The van der Waals surface area contributed by atoms with Crippen LogP contribution in [0.15, 0.2) is 28.1 Å². The zero-order valence-electron chi connectivity index (χ0n) is 10.3. The Morgan fingerprint density at radius 2 is 2.21 bits per heavy atom. The van der Waals surface area contributed by atoms with E-state index in [2.05, 4.69) is 42.7 Å². The zero-order valence-corrected chi connectivity index (χ0v) is 13.5. The van der Waals surface area contributed by atoms with Gasteiger partial charge in [0.15, 0.2) is 5.13 Å². The molecule has 2 heterocycles. The molecule has 19 heavy (non-hydrogen) atoms. The lowest BCUT2D eigenvalue weighted by Crippen LogP contribution is -2.04. The lowest BCUT2D eigenvalue weighted by molar-refractivity contribution is 0.967. The van der Waals surface area contributed by atoms with Gasteiger partial charge in [-0.1, -0.05) is 27.3 Å². The molecular weight excluding hydrogens is 342 g/mol. The fourth-order valence-electron chi connectivity index (χ4n) is 1.80. The largest absolute Gasteiger partial charge is 0.361 e. The maximum Gasteiger partial charge on any atom is 0.183 e. The van der Waals surface area contributed by atoms with Crippen LogP contribution in [0.5, 0.6) is 0 Å². The normalized spacial score (nSPS) is 11.1. The van der Waals surface area contributed by atoms with Crippen LogP contribution in [0.2, 0.25) is 0 Å². The number of hydrogen-bond acceptors (Lipinski definition) is 5. The Labute approximate surface area is 127 Å². The summed E-state index contributed by atoms with van der Waals surface area (Å²) in [5, 5.41) is 7.58. The van der Waals surface area contributed by atoms with E-state index in [1.54, 1.807) is 22.7 Å². The first-order valence-electron chi connectivity index (χ1n) is 5.92. The molecule has 0 spiro atoms. The Balaban J connectivity index is 1.65.